The summed E-state index contributed by atoms with van der Waals surface area (Å²) in [5, 5.41) is 10.4. The van der Waals surface area contributed by atoms with E-state index in [0.29, 0.717) is 12.5 Å². The lowest BCUT2D eigenvalue weighted by molar-refractivity contribution is -0.137. The highest BCUT2D eigenvalue weighted by Crippen LogP contribution is 2.41. The van der Waals surface area contributed by atoms with E-state index in [2.05, 4.69) is 30.4 Å². The molecule has 1 saturated carbocycles. The number of alkyl halides is 3. The van der Waals surface area contributed by atoms with E-state index in [1.165, 1.54) is 12.1 Å². The third-order valence-corrected chi connectivity index (χ3v) is 7.02. The Kier molecular flexibility index (Phi) is 8.63. The highest BCUT2D eigenvalue weighted by atomic mass is 127. The Hall–Kier alpha value is -1.85. The van der Waals surface area contributed by atoms with Gasteiger partial charge in [0.2, 0.25) is 0 Å². The SMILES string of the molecule is CN=C(NCC1(c2cccc(C(F)(F)F)c2)CCCCC1)N1CCC(c2ncn[nH]2)CC1.I. The molecule has 0 unspecified atom stereocenters. The van der Waals surface area contributed by atoms with E-state index >= 15 is 0 Å². The van der Waals surface area contributed by atoms with Gasteiger partial charge in [-0.15, -0.1) is 24.0 Å². The third-order valence-electron chi connectivity index (χ3n) is 7.02. The summed E-state index contributed by atoms with van der Waals surface area (Å²) in [5.41, 5.74) is -0.106. The lowest BCUT2D eigenvalue weighted by Gasteiger charge is -2.40. The standard InChI is InChI=1S/C23H31F3N6.HI/c1-27-21(32-12-8-17(9-13-32)20-29-16-30-31-20)28-15-22(10-3-2-4-11-22)18-6-5-7-19(14-18)23(24,25)26;/h5-7,14,16-17H,2-4,8-13,15H2,1H3,(H,27,28)(H,29,30,31);1H. The van der Waals surface area contributed by atoms with E-state index < -0.39 is 11.7 Å². The van der Waals surface area contributed by atoms with Crippen molar-refractivity contribution < 1.29 is 13.2 Å². The van der Waals surface area contributed by atoms with Gasteiger partial charge in [-0.3, -0.25) is 10.1 Å². The first-order valence-corrected chi connectivity index (χ1v) is 11.4. The van der Waals surface area contributed by atoms with Crippen LogP contribution in [0.4, 0.5) is 13.2 Å². The minimum atomic E-state index is -4.33. The van der Waals surface area contributed by atoms with Gasteiger partial charge in [0.25, 0.3) is 0 Å². The number of hydrogen-bond acceptors (Lipinski definition) is 3. The smallest absolute Gasteiger partial charge is 0.355 e. The summed E-state index contributed by atoms with van der Waals surface area (Å²) in [6, 6.07) is 5.90. The quantitative estimate of drug-likeness (QED) is 0.302. The molecule has 6 nitrogen and oxygen atoms in total. The Labute approximate surface area is 209 Å². The molecule has 0 spiro atoms. The molecular formula is C23H32F3IN6. The van der Waals surface area contributed by atoms with Gasteiger partial charge in [0.1, 0.15) is 12.2 Å². The number of halogens is 4. The lowest BCUT2D eigenvalue weighted by atomic mass is 9.69. The van der Waals surface area contributed by atoms with E-state index in [4.69, 9.17) is 0 Å². The molecule has 10 heteroatoms. The van der Waals surface area contributed by atoms with Gasteiger partial charge < -0.3 is 10.2 Å². The molecule has 2 fully saturated rings. The number of likely N-dealkylation sites (tertiary alicyclic amines) is 1. The zero-order valence-corrected chi connectivity index (χ0v) is 21.2. The summed E-state index contributed by atoms with van der Waals surface area (Å²) in [4.78, 5) is 11.0. The van der Waals surface area contributed by atoms with Crippen molar-refractivity contribution in [2.24, 2.45) is 4.99 Å². The lowest BCUT2D eigenvalue weighted by Crippen LogP contribution is -2.50. The van der Waals surface area contributed by atoms with E-state index in [-0.39, 0.29) is 29.4 Å². The number of benzene rings is 1. The maximum absolute atomic E-state index is 13.4. The topological polar surface area (TPSA) is 69.2 Å². The molecule has 2 aliphatic rings. The molecule has 33 heavy (non-hydrogen) atoms. The Bertz CT molecular complexity index is 901. The predicted molar refractivity (Wildman–Crippen MR) is 133 cm³/mol. The van der Waals surface area contributed by atoms with Crippen LogP contribution in [0.15, 0.2) is 35.6 Å². The molecule has 1 aliphatic heterocycles. The van der Waals surface area contributed by atoms with Crippen LogP contribution >= 0.6 is 24.0 Å². The van der Waals surface area contributed by atoms with Crippen molar-refractivity contribution in [2.45, 2.75) is 62.5 Å². The fraction of sp³-hybridized carbons (Fsp3) is 0.609. The number of guanidine groups is 1. The second kappa shape index (κ2) is 11.1. The first kappa shape index (κ1) is 25.8. The van der Waals surface area contributed by atoms with Gasteiger partial charge in [-0.1, -0.05) is 37.5 Å². The summed E-state index contributed by atoms with van der Waals surface area (Å²) in [6.07, 6.45) is 4.06. The Morgan fingerprint density at radius 2 is 1.94 bits per heavy atom. The molecule has 0 atom stereocenters. The minimum absolute atomic E-state index is 0. The molecule has 1 saturated heterocycles. The van der Waals surface area contributed by atoms with Crippen molar-refractivity contribution in [1.82, 2.24) is 25.4 Å². The highest BCUT2D eigenvalue weighted by Gasteiger charge is 2.37. The van der Waals surface area contributed by atoms with Crippen molar-refractivity contribution in [3.8, 4) is 0 Å². The average Bonchev–Trinajstić information content (AvgIpc) is 3.35. The van der Waals surface area contributed by atoms with Crippen LogP contribution in [0.25, 0.3) is 0 Å². The second-order valence-corrected chi connectivity index (χ2v) is 8.95. The maximum atomic E-state index is 13.4. The number of nitrogens with one attached hydrogen (secondary N) is 2. The first-order valence-electron chi connectivity index (χ1n) is 11.4. The number of H-pyrrole nitrogens is 1. The van der Waals surface area contributed by atoms with Gasteiger partial charge in [-0.05, 0) is 37.3 Å². The van der Waals surface area contributed by atoms with Gasteiger partial charge in [-0.25, -0.2) is 4.98 Å². The van der Waals surface area contributed by atoms with Gasteiger partial charge in [0.05, 0.1) is 5.56 Å². The van der Waals surface area contributed by atoms with Crippen LogP contribution in [0.5, 0.6) is 0 Å². The molecule has 0 radical (unpaired) electrons. The van der Waals surface area contributed by atoms with Crippen molar-refractivity contribution in [3.05, 3.63) is 47.5 Å². The fourth-order valence-corrected chi connectivity index (χ4v) is 5.18. The fourth-order valence-electron chi connectivity index (χ4n) is 5.18. The molecule has 1 aromatic carbocycles. The van der Waals surface area contributed by atoms with Crippen molar-refractivity contribution in [3.63, 3.8) is 0 Å². The van der Waals surface area contributed by atoms with Gasteiger partial charge >= 0.3 is 6.18 Å². The van der Waals surface area contributed by atoms with Crippen LogP contribution in [-0.4, -0.2) is 52.7 Å². The second-order valence-electron chi connectivity index (χ2n) is 8.95. The molecule has 2 N–H and O–H groups in total. The van der Waals surface area contributed by atoms with Crippen LogP contribution < -0.4 is 5.32 Å². The van der Waals surface area contributed by atoms with E-state index in [1.807, 2.05) is 6.07 Å². The van der Waals surface area contributed by atoms with Crippen LogP contribution in [0, 0.1) is 0 Å². The van der Waals surface area contributed by atoms with Crippen LogP contribution in [-0.2, 0) is 11.6 Å². The van der Waals surface area contributed by atoms with E-state index in [9.17, 15) is 13.2 Å². The normalized spacial score (nSPS) is 19.8. The Morgan fingerprint density at radius 3 is 2.55 bits per heavy atom. The number of aromatic nitrogens is 3. The van der Waals surface area contributed by atoms with Crippen LogP contribution in [0.2, 0.25) is 0 Å². The summed E-state index contributed by atoms with van der Waals surface area (Å²) in [6.45, 7) is 2.28. The molecule has 0 bridgehead atoms. The molecule has 2 aromatic rings. The number of rotatable bonds is 4. The number of nitrogens with zero attached hydrogens (tertiary/aromatic N) is 4. The summed E-state index contributed by atoms with van der Waals surface area (Å²) in [5.74, 6) is 2.11. The zero-order chi connectivity index (χ0) is 22.6. The molecular weight excluding hydrogens is 544 g/mol. The molecule has 1 aliphatic carbocycles. The minimum Gasteiger partial charge on any atom is -0.355 e. The number of hydrogen-bond donors (Lipinski definition) is 2. The van der Waals surface area contributed by atoms with Gasteiger partial charge in [-0.2, -0.15) is 18.3 Å². The number of aromatic amines is 1. The largest absolute Gasteiger partial charge is 0.416 e. The third kappa shape index (κ3) is 5.99. The Balaban J connectivity index is 0.00000306. The highest BCUT2D eigenvalue weighted by molar-refractivity contribution is 14.0. The molecule has 4 rings (SSSR count). The van der Waals surface area contributed by atoms with Crippen LogP contribution in [0.3, 0.4) is 0 Å². The first-order chi connectivity index (χ1) is 15.4. The van der Waals surface area contributed by atoms with E-state index in [1.54, 1.807) is 13.4 Å². The maximum Gasteiger partial charge on any atom is 0.416 e. The number of aliphatic imine (C=N–C) groups is 1. The van der Waals surface area contributed by atoms with Gasteiger partial charge in [0, 0.05) is 38.0 Å². The molecule has 0 amide bonds. The predicted octanol–water partition coefficient (Wildman–Crippen LogP) is 5.10. The van der Waals surface area contributed by atoms with E-state index in [0.717, 1.165) is 81.4 Å². The summed E-state index contributed by atoms with van der Waals surface area (Å²) >= 11 is 0. The summed E-state index contributed by atoms with van der Waals surface area (Å²) < 4.78 is 40.1. The van der Waals surface area contributed by atoms with Crippen molar-refractivity contribution >= 4 is 29.9 Å². The van der Waals surface area contributed by atoms with Crippen LogP contribution in [0.1, 0.15) is 67.8 Å². The average molecular weight is 576 g/mol. The molecule has 2 heterocycles. The Morgan fingerprint density at radius 1 is 1.21 bits per heavy atom. The zero-order valence-electron chi connectivity index (χ0n) is 18.9. The summed E-state index contributed by atoms with van der Waals surface area (Å²) in [7, 11) is 1.77. The molecule has 1 aromatic heterocycles. The number of piperidine rings is 1. The van der Waals surface area contributed by atoms with Gasteiger partial charge in [0.15, 0.2) is 5.96 Å². The molecule has 182 valence electrons. The monoisotopic (exact) mass is 576 g/mol. The van der Waals surface area contributed by atoms with Crippen molar-refractivity contribution in [2.75, 3.05) is 26.7 Å². The van der Waals surface area contributed by atoms with Crippen molar-refractivity contribution in [1.29, 1.82) is 0 Å².